The molecule has 1 aromatic rings. The number of thioether (sulfide) groups is 1. The van der Waals surface area contributed by atoms with Crippen LogP contribution < -0.4 is 0 Å². The summed E-state index contributed by atoms with van der Waals surface area (Å²) in [5.74, 6) is 1.10. The Labute approximate surface area is 95.5 Å². The van der Waals surface area contributed by atoms with Gasteiger partial charge in [-0.25, -0.2) is 0 Å². The molecule has 0 aromatic heterocycles. The Hall–Kier alpha value is -0.730. The van der Waals surface area contributed by atoms with Crippen LogP contribution in [-0.4, -0.2) is 17.8 Å². The minimum Gasteiger partial charge on any atom is -0.363 e. The van der Waals surface area contributed by atoms with Gasteiger partial charge in [0.15, 0.2) is 0 Å². The van der Waals surface area contributed by atoms with E-state index in [1.54, 1.807) is 0 Å². The van der Waals surface area contributed by atoms with Crippen molar-refractivity contribution in [2.24, 2.45) is 0 Å². The third kappa shape index (κ3) is 3.11. The molecule has 1 nitrogen and oxygen atoms in total. The summed E-state index contributed by atoms with van der Waals surface area (Å²) in [4.78, 5) is 0. The molecule has 1 unspecified atom stereocenters. The van der Waals surface area contributed by atoms with Gasteiger partial charge in [-0.3, -0.25) is 0 Å². The molecule has 1 atom stereocenters. The molecule has 0 radical (unpaired) electrons. The summed E-state index contributed by atoms with van der Waals surface area (Å²) in [6, 6.07) is 10.6. The Kier molecular flexibility index (Phi) is 3.87. The van der Waals surface area contributed by atoms with Gasteiger partial charge in [-0.1, -0.05) is 36.9 Å². The SMILES string of the molecule is C=C1CCOC1SCCc1ccccc1. The van der Waals surface area contributed by atoms with Gasteiger partial charge in [-0.2, -0.15) is 0 Å². The number of hydrogen-bond acceptors (Lipinski definition) is 2. The van der Waals surface area contributed by atoms with Gasteiger partial charge in [0.05, 0.1) is 6.61 Å². The van der Waals surface area contributed by atoms with Crippen molar-refractivity contribution in [1.29, 1.82) is 0 Å². The molecule has 0 saturated carbocycles. The van der Waals surface area contributed by atoms with E-state index in [4.69, 9.17) is 4.74 Å². The summed E-state index contributed by atoms with van der Waals surface area (Å²) in [5.41, 5.74) is 2.88. The maximum Gasteiger partial charge on any atom is 0.124 e. The van der Waals surface area contributed by atoms with Crippen LogP contribution in [0, 0.1) is 0 Å². The summed E-state index contributed by atoms with van der Waals surface area (Å²) < 4.78 is 5.57. The molecule has 2 heteroatoms. The van der Waals surface area contributed by atoms with Crippen molar-refractivity contribution < 1.29 is 4.74 Å². The predicted octanol–water partition coefficient (Wildman–Crippen LogP) is 3.26. The molecule has 1 aromatic carbocycles. The van der Waals surface area contributed by atoms with Gasteiger partial charge in [0.25, 0.3) is 0 Å². The zero-order valence-electron chi connectivity index (χ0n) is 8.82. The number of benzene rings is 1. The molecular formula is C13H16OS. The molecule has 1 saturated heterocycles. The first-order chi connectivity index (χ1) is 7.36. The molecule has 1 fully saturated rings. The summed E-state index contributed by atoms with van der Waals surface area (Å²) in [6.45, 7) is 4.86. The Balaban J connectivity index is 1.73. The number of hydrogen-bond donors (Lipinski definition) is 0. The second-order valence-electron chi connectivity index (χ2n) is 3.72. The van der Waals surface area contributed by atoms with Crippen molar-refractivity contribution in [3.05, 3.63) is 48.0 Å². The van der Waals surface area contributed by atoms with Crippen molar-refractivity contribution >= 4 is 11.8 Å². The second-order valence-corrected chi connectivity index (χ2v) is 4.89. The summed E-state index contributed by atoms with van der Waals surface area (Å²) >= 11 is 1.87. The molecule has 0 amide bonds. The third-order valence-corrected chi connectivity index (χ3v) is 3.74. The van der Waals surface area contributed by atoms with Gasteiger partial charge < -0.3 is 4.74 Å². The van der Waals surface area contributed by atoms with Gasteiger partial charge in [-0.15, -0.1) is 11.8 Å². The Morgan fingerprint density at radius 2 is 2.13 bits per heavy atom. The van der Waals surface area contributed by atoms with Gasteiger partial charge in [-0.05, 0) is 24.0 Å². The lowest BCUT2D eigenvalue weighted by atomic mass is 10.2. The third-order valence-electron chi connectivity index (χ3n) is 2.53. The van der Waals surface area contributed by atoms with Crippen LogP contribution in [0.25, 0.3) is 0 Å². The minimum atomic E-state index is 0.244. The van der Waals surface area contributed by atoms with Crippen LogP contribution in [0.2, 0.25) is 0 Å². The molecule has 1 aliphatic rings. The quantitative estimate of drug-likeness (QED) is 0.720. The van der Waals surface area contributed by atoms with Crippen molar-refractivity contribution in [1.82, 2.24) is 0 Å². The smallest absolute Gasteiger partial charge is 0.124 e. The van der Waals surface area contributed by atoms with E-state index in [2.05, 4.69) is 36.9 Å². The van der Waals surface area contributed by atoms with Crippen LogP contribution in [0.3, 0.4) is 0 Å². The van der Waals surface area contributed by atoms with Gasteiger partial charge in [0.2, 0.25) is 0 Å². The van der Waals surface area contributed by atoms with Crippen LogP contribution in [0.5, 0.6) is 0 Å². The second kappa shape index (κ2) is 5.38. The lowest BCUT2D eigenvalue weighted by Gasteiger charge is -2.09. The highest BCUT2D eigenvalue weighted by Crippen LogP contribution is 2.28. The fourth-order valence-corrected chi connectivity index (χ4v) is 2.74. The van der Waals surface area contributed by atoms with Gasteiger partial charge >= 0.3 is 0 Å². The molecule has 2 rings (SSSR count). The number of ether oxygens (including phenoxy) is 1. The average Bonchev–Trinajstić information content (AvgIpc) is 2.66. The molecule has 1 heterocycles. The molecule has 0 N–H and O–H groups in total. The van der Waals surface area contributed by atoms with E-state index in [1.165, 1.54) is 11.1 Å². The molecule has 80 valence electrons. The first-order valence-corrected chi connectivity index (χ1v) is 6.36. The van der Waals surface area contributed by atoms with Crippen molar-refractivity contribution in [2.45, 2.75) is 18.3 Å². The summed E-state index contributed by atoms with van der Waals surface area (Å²) in [5, 5.41) is 0. The fourth-order valence-electron chi connectivity index (χ4n) is 1.63. The van der Waals surface area contributed by atoms with E-state index in [0.29, 0.717) is 0 Å². The molecule has 0 aliphatic carbocycles. The fraction of sp³-hybridized carbons (Fsp3) is 0.385. The highest BCUT2D eigenvalue weighted by Gasteiger charge is 2.19. The minimum absolute atomic E-state index is 0.244. The first-order valence-electron chi connectivity index (χ1n) is 5.31. The van der Waals surface area contributed by atoms with Crippen molar-refractivity contribution in [3.8, 4) is 0 Å². The van der Waals surface area contributed by atoms with Crippen LogP contribution >= 0.6 is 11.8 Å². The van der Waals surface area contributed by atoms with Crippen LogP contribution in [0.15, 0.2) is 42.5 Å². The van der Waals surface area contributed by atoms with Crippen molar-refractivity contribution in [3.63, 3.8) is 0 Å². The molecule has 0 spiro atoms. The number of aryl methyl sites for hydroxylation is 1. The zero-order chi connectivity index (χ0) is 10.5. The largest absolute Gasteiger partial charge is 0.363 e. The normalized spacial score (nSPS) is 20.8. The topological polar surface area (TPSA) is 9.23 Å². The van der Waals surface area contributed by atoms with E-state index >= 15 is 0 Å². The molecular weight excluding hydrogens is 204 g/mol. The van der Waals surface area contributed by atoms with Crippen LogP contribution in [0.1, 0.15) is 12.0 Å². The van der Waals surface area contributed by atoms with E-state index < -0.39 is 0 Å². The monoisotopic (exact) mass is 220 g/mol. The average molecular weight is 220 g/mol. The van der Waals surface area contributed by atoms with Gasteiger partial charge in [0.1, 0.15) is 5.44 Å². The van der Waals surface area contributed by atoms with E-state index in [1.807, 2.05) is 11.8 Å². The molecule has 1 aliphatic heterocycles. The van der Waals surface area contributed by atoms with Crippen LogP contribution in [0.4, 0.5) is 0 Å². The van der Waals surface area contributed by atoms with Crippen molar-refractivity contribution in [2.75, 3.05) is 12.4 Å². The Morgan fingerprint density at radius 3 is 2.80 bits per heavy atom. The molecule has 0 bridgehead atoms. The Bertz CT molecular complexity index is 321. The lowest BCUT2D eigenvalue weighted by Crippen LogP contribution is -2.03. The molecule has 15 heavy (non-hydrogen) atoms. The first kappa shape index (κ1) is 10.8. The maximum atomic E-state index is 5.57. The summed E-state index contributed by atoms with van der Waals surface area (Å²) in [7, 11) is 0. The van der Waals surface area contributed by atoms with E-state index in [9.17, 15) is 0 Å². The Morgan fingerprint density at radius 1 is 1.33 bits per heavy atom. The van der Waals surface area contributed by atoms with E-state index in [-0.39, 0.29) is 5.44 Å². The van der Waals surface area contributed by atoms with Gasteiger partial charge in [0, 0.05) is 5.75 Å². The zero-order valence-corrected chi connectivity index (χ0v) is 9.63. The highest BCUT2D eigenvalue weighted by molar-refractivity contribution is 7.99. The van der Waals surface area contributed by atoms with E-state index in [0.717, 1.165) is 25.2 Å². The summed E-state index contributed by atoms with van der Waals surface area (Å²) in [6.07, 6.45) is 2.14. The number of rotatable bonds is 4. The predicted molar refractivity (Wildman–Crippen MR) is 66.1 cm³/mol. The van der Waals surface area contributed by atoms with Crippen LogP contribution in [-0.2, 0) is 11.2 Å². The highest BCUT2D eigenvalue weighted by atomic mass is 32.2. The standard InChI is InChI=1S/C13H16OS/c1-11-7-9-14-13(11)15-10-8-12-5-3-2-4-6-12/h2-6,13H,1,7-10H2. The maximum absolute atomic E-state index is 5.57. The lowest BCUT2D eigenvalue weighted by molar-refractivity contribution is 0.182.